The van der Waals surface area contributed by atoms with Crippen LogP contribution in [0.5, 0.6) is 0 Å². The first-order valence-corrected chi connectivity index (χ1v) is 7.66. The third kappa shape index (κ3) is 3.65. The van der Waals surface area contributed by atoms with Gasteiger partial charge in [0.25, 0.3) is 0 Å². The van der Waals surface area contributed by atoms with Gasteiger partial charge in [-0.2, -0.15) is 0 Å². The number of rotatable bonds is 6. The number of benzene rings is 1. The summed E-state index contributed by atoms with van der Waals surface area (Å²) in [5.74, 6) is -1.11. The number of likely N-dealkylation sites (tertiary alicyclic amines) is 1. The molecule has 22 heavy (non-hydrogen) atoms. The van der Waals surface area contributed by atoms with Gasteiger partial charge < -0.3 is 14.7 Å². The van der Waals surface area contributed by atoms with Crippen molar-refractivity contribution in [2.45, 2.75) is 44.2 Å². The Balaban J connectivity index is 2.19. The SMILES string of the molecule is CCC(C(=O)N1CC(OC)CC1CC(=O)O)c1ccccc1. The van der Waals surface area contributed by atoms with E-state index >= 15 is 0 Å². The van der Waals surface area contributed by atoms with Crippen LogP contribution < -0.4 is 0 Å². The fourth-order valence-electron chi connectivity index (χ4n) is 3.15. The summed E-state index contributed by atoms with van der Waals surface area (Å²) in [6, 6.07) is 9.37. The molecule has 0 aromatic heterocycles. The van der Waals surface area contributed by atoms with Crippen molar-refractivity contribution < 1.29 is 19.4 Å². The van der Waals surface area contributed by atoms with Gasteiger partial charge in [-0.3, -0.25) is 9.59 Å². The summed E-state index contributed by atoms with van der Waals surface area (Å²) >= 11 is 0. The van der Waals surface area contributed by atoms with Crippen LogP contribution >= 0.6 is 0 Å². The van der Waals surface area contributed by atoms with Crippen molar-refractivity contribution in [2.24, 2.45) is 0 Å². The van der Waals surface area contributed by atoms with Crippen molar-refractivity contribution in [3.8, 4) is 0 Å². The fourth-order valence-corrected chi connectivity index (χ4v) is 3.15. The molecule has 3 atom stereocenters. The molecule has 3 unspecified atom stereocenters. The number of hydrogen-bond acceptors (Lipinski definition) is 3. The van der Waals surface area contributed by atoms with E-state index in [1.165, 1.54) is 0 Å². The average Bonchev–Trinajstić information content (AvgIpc) is 2.91. The second kappa shape index (κ2) is 7.40. The first kappa shape index (κ1) is 16.5. The highest BCUT2D eigenvalue weighted by molar-refractivity contribution is 5.85. The zero-order chi connectivity index (χ0) is 16.1. The highest BCUT2D eigenvalue weighted by atomic mass is 16.5. The second-order valence-corrected chi connectivity index (χ2v) is 5.71. The van der Waals surface area contributed by atoms with Crippen molar-refractivity contribution in [3.63, 3.8) is 0 Å². The van der Waals surface area contributed by atoms with Crippen molar-refractivity contribution in [3.05, 3.63) is 35.9 Å². The molecule has 0 aliphatic carbocycles. The molecule has 0 spiro atoms. The van der Waals surface area contributed by atoms with Crippen LogP contribution in [-0.4, -0.2) is 47.7 Å². The summed E-state index contributed by atoms with van der Waals surface area (Å²) in [5.41, 5.74) is 0.977. The van der Waals surface area contributed by atoms with Crippen LogP contribution in [0.1, 0.15) is 37.7 Å². The van der Waals surface area contributed by atoms with Gasteiger partial charge in [-0.05, 0) is 18.4 Å². The van der Waals surface area contributed by atoms with Crippen LogP contribution in [0.15, 0.2) is 30.3 Å². The predicted molar refractivity (Wildman–Crippen MR) is 82.6 cm³/mol. The van der Waals surface area contributed by atoms with Gasteiger partial charge in [0.05, 0.1) is 18.4 Å². The Labute approximate surface area is 130 Å². The van der Waals surface area contributed by atoms with Crippen molar-refractivity contribution in [1.29, 1.82) is 0 Å². The van der Waals surface area contributed by atoms with Gasteiger partial charge >= 0.3 is 5.97 Å². The molecule has 1 N–H and O–H groups in total. The molecule has 1 amide bonds. The second-order valence-electron chi connectivity index (χ2n) is 5.71. The summed E-state index contributed by atoms with van der Waals surface area (Å²) in [5, 5.41) is 9.07. The molecule has 5 nitrogen and oxygen atoms in total. The maximum absolute atomic E-state index is 12.9. The van der Waals surface area contributed by atoms with Crippen LogP contribution in [0.4, 0.5) is 0 Å². The molecular weight excluding hydrogens is 282 g/mol. The highest BCUT2D eigenvalue weighted by Gasteiger charge is 2.38. The maximum Gasteiger partial charge on any atom is 0.305 e. The number of nitrogens with zero attached hydrogens (tertiary/aromatic N) is 1. The molecule has 1 aromatic carbocycles. The lowest BCUT2D eigenvalue weighted by molar-refractivity contribution is -0.140. The van der Waals surface area contributed by atoms with Crippen molar-refractivity contribution in [2.75, 3.05) is 13.7 Å². The normalized spacial score (nSPS) is 22.5. The first-order valence-electron chi connectivity index (χ1n) is 7.66. The van der Waals surface area contributed by atoms with Crippen molar-refractivity contribution in [1.82, 2.24) is 4.90 Å². The minimum absolute atomic E-state index is 0.000463. The lowest BCUT2D eigenvalue weighted by atomic mass is 9.94. The molecule has 1 aliphatic heterocycles. The van der Waals surface area contributed by atoms with E-state index in [2.05, 4.69) is 0 Å². The maximum atomic E-state index is 12.9. The minimum Gasteiger partial charge on any atom is -0.481 e. The Morgan fingerprint density at radius 1 is 1.36 bits per heavy atom. The third-order valence-electron chi connectivity index (χ3n) is 4.31. The van der Waals surface area contributed by atoms with E-state index in [-0.39, 0.29) is 30.4 Å². The van der Waals surface area contributed by atoms with Crippen LogP contribution in [0, 0.1) is 0 Å². The summed E-state index contributed by atoms with van der Waals surface area (Å²) in [4.78, 5) is 25.7. The molecule has 1 saturated heterocycles. The monoisotopic (exact) mass is 305 g/mol. The summed E-state index contributed by atoms with van der Waals surface area (Å²) in [7, 11) is 1.60. The van der Waals surface area contributed by atoms with Crippen LogP contribution in [0.25, 0.3) is 0 Å². The Morgan fingerprint density at radius 3 is 2.59 bits per heavy atom. The smallest absolute Gasteiger partial charge is 0.305 e. The lowest BCUT2D eigenvalue weighted by Crippen LogP contribution is -2.40. The molecule has 0 saturated carbocycles. The number of amides is 1. The first-order chi connectivity index (χ1) is 10.6. The molecule has 1 heterocycles. The van der Waals surface area contributed by atoms with E-state index in [9.17, 15) is 9.59 Å². The highest BCUT2D eigenvalue weighted by Crippen LogP contribution is 2.29. The molecule has 120 valence electrons. The van der Waals surface area contributed by atoms with Gasteiger partial charge in [0, 0.05) is 19.7 Å². The molecule has 0 radical (unpaired) electrons. The number of hydrogen-bond donors (Lipinski definition) is 1. The number of carboxylic acids is 1. The van der Waals surface area contributed by atoms with E-state index in [1.54, 1.807) is 12.0 Å². The Bertz CT molecular complexity index is 517. The summed E-state index contributed by atoms with van der Waals surface area (Å²) in [6.07, 6.45) is 1.16. The van der Waals surface area contributed by atoms with Crippen LogP contribution in [0.2, 0.25) is 0 Å². The van der Waals surface area contributed by atoms with E-state index in [0.717, 1.165) is 5.56 Å². The molecule has 1 aromatic rings. The topological polar surface area (TPSA) is 66.8 Å². The van der Waals surface area contributed by atoms with Gasteiger partial charge in [-0.1, -0.05) is 37.3 Å². The van der Waals surface area contributed by atoms with Crippen molar-refractivity contribution >= 4 is 11.9 Å². The summed E-state index contributed by atoms with van der Waals surface area (Å²) in [6.45, 7) is 2.45. The van der Waals surface area contributed by atoms with Gasteiger partial charge in [-0.15, -0.1) is 0 Å². The summed E-state index contributed by atoms with van der Waals surface area (Å²) < 4.78 is 5.34. The number of carbonyl (C=O) groups excluding carboxylic acids is 1. The molecule has 0 bridgehead atoms. The van der Waals surface area contributed by atoms with E-state index in [4.69, 9.17) is 9.84 Å². The average molecular weight is 305 g/mol. The third-order valence-corrected chi connectivity index (χ3v) is 4.31. The van der Waals surface area contributed by atoms with Crippen LogP contribution in [0.3, 0.4) is 0 Å². The quantitative estimate of drug-likeness (QED) is 0.875. The number of carboxylic acid groups (broad SMARTS) is 1. The lowest BCUT2D eigenvalue weighted by Gasteiger charge is -2.27. The zero-order valence-electron chi connectivity index (χ0n) is 13.1. The van der Waals surface area contributed by atoms with Gasteiger partial charge in [0.2, 0.25) is 5.91 Å². The number of carbonyl (C=O) groups is 2. The molecule has 1 fully saturated rings. The minimum atomic E-state index is -0.882. The van der Waals surface area contributed by atoms with Gasteiger partial charge in [0.15, 0.2) is 0 Å². The Kier molecular flexibility index (Phi) is 5.55. The number of methoxy groups -OCH3 is 1. The van der Waals surface area contributed by atoms with Gasteiger partial charge in [0.1, 0.15) is 0 Å². The number of ether oxygens (including phenoxy) is 1. The zero-order valence-corrected chi connectivity index (χ0v) is 13.1. The predicted octanol–water partition coefficient (Wildman–Crippen LogP) is 2.27. The molecule has 2 rings (SSSR count). The standard InChI is InChI=1S/C17H23NO4/c1-3-15(12-7-5-4-6-8-12)17(21)18-11-14(22-2)9-13(18)10-16(19)20/h4-8,13-15H,3,9-11H2,1-2H3,(H,19,20). The fraction of sp³-hybridized carbons (Fsp3) is 0.529. The Hall–Kier alpha value is -1.88. The van der Waals surface area contributed by atoms with Crippen LogP contribution in [-0.2, 0) is 14.3 Å². The van der Waals surface area contributed by atoms with E-state index in [0.29, 0.717) is 19.4 Å². The molecular formula is C17H23NO4. The number of aliphatic carboxylic acids is 1. The van der Waals surface area contributed by atoms with Gasteiger partial charge in [-0.25, -0.2) is 0 Å². The molecule has 5 heteroatoms. The van der Waals surface area contributed by atoms with E-state index in [1.807, 2.05) is 37.3 Å². The Morgan fingerprint density at radius 2 is 2.05 bits per heavy atom. The largest absolute Gasteiger partial charge is 0.481 e. The molecule has 1 aliphatic rings. The van der Waals surface area contributed by atoms with E-state index < -0.39 is 5.97 Å².